The van der Waals surface area contributed by atoms with Crippen LogP contribution in [0.4, 0.5) is 39.5 Å². The maximum Gasteiger partial charge on any atom is 0.416 e. The van der Waals surface area contributed by atoms with Gasteiger partial charge in [-0.05, 0) is 103 Å². The summed E-state index contributed by atoms with van der Waals surface area (Å²) in [5.41, 5.74) is -1.05. The zero-order valence-electron chi connectivity index (χ0n) is 32.0. The summed E-state index contributed by atoms with van der Waals surface area (Å²) < 4.78 is 111. The maximum atomic E-state index is 12.4. The maximum absolute atomic E-state index is 12.4. The number of aryl methyl sites for hydroxylation is 1. The van der Waals surface area contributed by atoms with Crippen molar-refractivity contribution in [1.29, 1.82) is 0 Å². The predicted molar refractivity (Wildman–Crippen MR) is 220 cm³/mol. The van der Waals surface area contributed by atoms with Crippen molar-refractivity contribution in [2.24, 2.45) is 0 Å². The first-order valence-electron chi connectivity index (χ1n) is 17.3. The van der Waals surface area contributed by atoms with Gasteiger partial charge in [0, 0.05) is 48.3 Å². The summed E-state index contributed by atoms with van der Waals surface area (Å²) in [6, 6.07) is 15.2. The van der Waals surface area contributed by atoms with Crippen molar-refractivity contribution in [1.82, 2.24) is 0 Å². The van der Waals surface area contributed by atoms with E-state index in [4.69, 9.17) is 50.1 Å². The van der Waals surface area contributed by atoms with Gasteiger partial charge < -0.3 is 20.4 Å². The Balaban J connectivity index is -0.000000723. The fraction of sp³-hybridized carbons (Fsp3) is 0.390. The number of terminal acetylenes is 1. The minimum Gasteiger partial charge on any atom is -0.481 e. The third-order valence-corrected chi connectivity index (χ3v) is 7.26. The summed E-state index contributed by atoms with van der Waals surface area (Å²) in [5, 5.41) is 32.1. The van der Waals surface area contributed by atoms with Gasteiger partial charge in [0.1, 0.15) is 0 Å². The number of aliphatic carboxylic acids is 3. The highest BCUT2D eigenvalue weighted by molar-refractivity contribution is 14.1. The molecule has 4 N–H and O–H groups in total. The molecule has 0 aromatic heterocycles. The van der Waals surface area contributed by atoms with E-state index >= 15 is 0 Å². The van der Waals surface area contributed by atoms with Crippen molar-refractivity contribution in [3.05, 3.63) is 104 Å². The van der Waals surface area contributed by atoms with E-state index in [1.54, 1.807) is 12.1 Å². The van der Waals surface area contributed by atoms with Crippen molar-refractivity contribution in [2.45, 2.75) is 89.2 Å². The van der Waals surface area contributed by atoms with E-state index < -0.39 is 53.1 Å². The average Bonchev–Trinajstić information content (AvgIpc) is 3.15. The molecule has 0 unspecified atom stereocenters. The molecule has 0 aliphatic heterocycles. The molecule has 0 radical (unpaired) electrons. The molecule has 0 saturated carbocycles. The number of carboxylic acids is 3. The second kappa shape index (κ2) is 34.5. The smallest absolute Gasteiger partial charge is 0.416 e. The van der Waals surface area contributed by atoms with Crippen LogP contribution in [0, 0.1) is 27.8 Å². The van der Waals surface area contributed by atoms with E-state index in [0.717, 1.165) is 43.5 Å². The Morgan fingerprint density at radius 1 is 0.617 bits per heavy atom. The summed E-state index contributed by atoms with van der Waals surface area (Å²) in [6.07, 6.45) is -3.31. The first-order valence-corrected chi connectivity index (χ1v) is 19.4. The van der Waals surface area contributed by atoms with Crippen LogP contribution in [0.5, 0.6) is 0 Å². The van der Waals surface area contributed by atoms with Gasteiger partial charge in [0.05, 0.1) is 22.0 Å². The van der Waals surface area contributed by atoms with E-state index in [1.165, 1.54) is 24.3 Å². The molecule has 0 fully saturated rings. The zero-order chi connectivity index (χ0) is 46.8. The molecule has 3 aromatic rings. The lowest BCUT2D eigenvalue weighted by Crippen LogP contribution is -2.05. The molecule has 0 spiro atoms. The van der Waals surface area contributed by atoms with E-state index in [-0.39, 0.29) is 30.2 Å². The summed E-state index contributed by atoms with van der Waals surface area (Å²) >= 11 is 11.4. The Morgan fingerprint density at radius 3 is 1.47 bits per heavy atom. The van der Waals surface area contributed by atoms with Gasteiger partial charge in [-0.2, -0.15) is 39.5 Å². The third-order valence-electron chi connectivity index (χ3n) is 6.59. The van der Waals surface area contributed by atoms with Crippen LogP contribution in [0.15, 0.2) is 72.8 Å². The number of hydrogen-bond acceptors (Lipinski definition) is 4. The quantitative estimate of drug-likeness (QED) is 0.0467. The minimum absolute atomic E-state index is 0.0112. The van der Waals surface area contributed by atoms with Crippen molar-refractivity contribution in [3.63, 3.8) is 0 Å². The second-order valence-electron chi connectivity index (χ2n) is 11.3. The lowest BCUT2D eigenvalue weighted by Gasteiger charge is -2.08. The van der Waals surface area contributed by atoms with Gasteiger partial charge in [-0.25, -0.2) is 0 Å². The summed E-state index contributed by atoms with van der Waals surface area (Å²) in [7, 11) is 1.00. The second-order valence-corrected chi connectivity index (χ2v) is 13.4. The largest absolute Gasteiger partial charge is 0.481 e. The number of carbonyl (C=O) groups is 3. The average molecular weight is 1020 g/mol. The van der Waals surface area contributed by atoms with Crippen LogP contribution in [0.2, 0.25) is 0 Å². The van der Waals surface area contributed by atoms with E-state index in [1.807, 2.05) is 22.6 Å². The van der Waals surface area contributed by atoms with Crippen LogP contribution in [0.1, 0.15) is 92.0 Å². The molecule has 0 saturated heterocycles. The third kappa shape index (κ3) is 35.7. The molecule has 0 atom stereocenters. The molecule has 7 nitrogen and oxygen atoms in total. The van der Waals surface area contributed by atoms with Crippen LogP contribution < -0.4 is 0 Å². The SMILES string of the molecule is C#CCCCC(=O)O.CO.ClCCl.FC(F)(F)c1cccc(I)c1.O=C(O)CCCC#Cc1cccc(C(F)(F)F)c1.O=C(O)CCCCCc1cccc(C(F)(F)F)c1. The Kier molecular flexibility index (Phi) is 34.6. The molecular formula is C41H44Cl2F9IO7. The molecule has 0 aliphatic carbocycles. The Labute approximate surface area is 366 Å². The monoisotopic (exact) mass is 1020 g/mol. The highest BCUT2D eigenvalue weighted by Gasteiger charge is 2.31. The predicted octanol–water partition coefficient (Wildman–Crippen LogP) is 12.4. The Morgan fingerprint density at radius 2 is 1.03 bits per heavy atom. The van der Waals surface area contributed by atoms with Crippen molar-refractivity contribution >= 4 is 63.7 Å². The number of aliphatic hydroxyl groups excluding tert-OH is 1. The van der Waals surface area contributed by atoms with Crippen molar-refractivity contribution in [2.75, 3.05) is 12.4 Å². The van der Waals surface area contributed by atoms with E-state index in [9.17, 15) is 53.9 Å². The normalized spacial score (nSPS) is 10.2. The number of alkyl halides is 11. The summed E-state index contributed by atoms with van der Waals surface area (Å²) in [5.74, 6) is 5.08. The molecule has 334 valence electrons. The van der Waals surface area contributed by atoms with Gasteiger partial charge in [0.15, 0.2) is 0 Å². The Hall–Kier alpha value is -4.17. The highest BCUT2D eigenvalue weighted by Crippen LogP contribution is 2.31. The molecule has 0 amide bonds. The molecule has 3 rings (SSSR count). The van der Waals surface area contributed by atoms with Crippen LogP contribution in [-0.4, -0.2) is 50.8 Å². The van der Waals surface area contributed by atoms with Crippen LogP contribution in [0.25, 0.3) is 0 Å². The van der Waals surface area contributed by atoms with Gasteiger partial charge in [0.2, 0.25) is 0 Å². The molecule has 3 aromatic carbocycles. The molecule has 0 aliphatic rings. The van der Waals surface area contributed by atoms with Gasteiger partial charge in [-0.15, -0.1) is 35.5 Å². The number of benzene rings is 3. The van der Waals surface area contributed by atoms with Crippen molar-refractivity contribution < 1.29 is 74.3 Å². The number of aliphatic hydroxyl groups is 1. The van der Waals surface area contributed by atoms with Crippen molar-refractivity contribution in [3.8, 4) is 24.2 Å². The fourth-order valence-electron chi connectivity index (χ4n) is 3.96. The number of hydrogen-bond donors (Lipinski definition) is 4. The molecule has 19 heteroatoms. The molecule has 60 heavy (non-hydrogen) atoms. The topological polar surface area (TPSA) is 132 Å². The summed E-state index contributed by atoms with van der Waals surface area (Å²) in [6.45, 7) is 0. The lowest BCUT2D eigenvalue weighted by atomic mass is 10.0. The Bertz CT molecular complexity index is 1770. The lowest BCUT2D eigenvalue weighted by molar-refractivity contribution is -0.138. The molecular weight excluding hydrogens is 973 g/mol. The fourth-order valence-corrected chi connectivity index (χ4v) is 4.50. The first-order chi connectivity index (χ1) is 28.0. The number of carboxylic acid groups (broad SMARTS) is 3. The number of rotatable bonds is 12. The van der Waals surface area contributed by atoms with E-state index in [2.05, 4.69) is 17.8 Å². The number of halogens is 12. The van der Waals surface area contributed by atoms with Gasteiger partial charge in [-0.3, -0.25) is 14.4 Å². The molecule has 0 bridgehead atoms. The van der Waals surface area contributed by atoms with Crippen LogP contribution in [-0.2, 0) is 39.3 Å². The van der Waals surface area contributed by atoms with Gasteiger partial charge in [0.25, 0.3) is 0 Å². The first kappa shape index (κ1) is 60.1. The van der Waals surface area contributed by atoms with E-state index in [0.29, 0.717) is 60.5 Å². The molecule has 0 heterocycles. The summed E-state index contributed by atoms with van der Waals surface area (Å²) in [4.78, 5) is 30.3. The van der Waals surface area contributed by atoms with Crippen LogP contribution >= 0.6 is 45.8 Å². The highest BCUT2D eigenvalue weighted by atomic mass is 127. The minimum atomic E-state index is -4.37. The van der Waals surface area contributed by atoms with Crippen LogP contribution in [0.3, 0.4) is 0 Å². The number of unbranched alkanes of at least 4 members (excludes halogenated alkanes) is 4. The van der Waals surface area contributed by atoms with Gasteiger partial charge in [-0.1, -0.05) is 48.6 Å². The standard InChI is InChI=1S/C13H15F3O2.C13H11F3O2.C7H4F3I.C6H8O2.CH2Cl2.CH4O/c2*14-13(15,16)11-7-4-6-10(9-11)5-2-1-3-8-12(17)18;8-7(9,10)5-2-1-3-6(11)4-5;1-2-3-4-5-6(7)8;2-1-3;1-2/h4,6-7,9H,1-3,5,8H2,(H,17,18);4,6-7,9H,1,3,8H2,(H,17,18);1-4H;1H,3-5H2,(H,7,8);1H2;2H,1H3. The zero-order valence-corrected chi connectivity index (χ0v) is 35.7. The van der Waals surface area contributed by atoms with Gasteiger partial charge >= 0.3 is 36.4 Å².